The van der Waals surface area contributed by atoms with E-state index in [0.717, 1.165) is 11.3 Å². The lowest BCUT2D eigenvalue weighted by Gasteiger charge is -2.14. The van der Waals surface area contributed by atoms with E-state index < -0.39 is 0 Å². The summed E-state index contributed by atoms with van der Waals surface area (Å²) < 4.78 is 13.5. The summed E-state index contributed by atoms with van der Waals surface area (Å²) in [6.07, 6.45) is 0. The molecule has 0 atom stereocenters. The van der Waals surface area contributed by atoms with Gasteiger partial charge < -0.3 is 5.32 Å². The molecule has 0 saturated carbocycles. The van der Waals surface area contributed by atoms with Gasteiger partial charge in [0.05, 0.1) is 5.56 Å². The molecule has 0 aliphatic carbocycles. The van der Waals surface area contributed by atoms with Crippen LogP contribution in [-0.4, -0.2) is 5.91 Å². The molecule has 0 saturated heterocycles. The second-order valence-electron chi connectivity index (χ2n) is 4.82. The Hall–Kier alpha value is -1.68. The van der Waals surface area contributed by atoms with Gasteiger partial charge in [-0.3, -0.25) is 4.79 Å². The van der Waals surface area contributed by atoms with Gasteiger partial charge in [-0.1, -0.05) is 32.0 Å². The van der Waals surface area contributed by atoms with Crippen LogP contribution in [0.4, 0.5) is 10.1 Å². The standard InChI is InChI=1S/C16H15BrFNO/c1-10(2)12-5-3-4-6-15(12)19-16(20)13-8-7-11(18)9-14(13)17/h3-10H,1-2H3,(H,19,20). The van der Waals surface area contributed by atoms with E-state index in [1.54, 1.807) is 0 Å². The maximum Gasteiger partial charge on any atom is 0.256 e. The van der Waals surface area contributed by atoms with E-state index in [9.17, 15) is 9.18 Å². The first-order valence-corrected chi connectivity index (χ1v) is 7.13. The highest BCUT2D eigenvalue weighted by Crippen LogP contribution is 2.25. The molecule has 0 spiro atoms. The van der Waals surface area contributed by atoms with Gasteiger partial charge in [0.25, 0.3) is 5.91 Å². The average Bonchev–Trinajstić information content (AvgIpc) is 2.38. The number of hydrogen-bond donors (Lipinski definition) is 1. The molecule has 1 N–H and O–H groups in total. The Labute approximate surface area is 126 Å². The molecule has 4 heteroatoms. The molecule has 2 nitrogen and oxygen atoms in total. The first-order valence-electron chi connectivity index (χ1n) is 6.34. The molecular weight excluding hydrogens is 321 g/mol. The largest absolute Gasteiger partial charge is 0.322 e. The van der Waals surface area contributed by atoms with Crippen LogP contribution in [-0.2, 0) is 0 Å². The number of anilines is 1. The Balaban J connectivity index is 2.28. The van der Waals surface area contributed by atoms with Crippen molar-refractivity contribution >= 4 is 27.5 Å². The highest BCUT2D eigenvalue weighted by molar-refractivity contribution is 9.10. The van der Waals surface area contributed by atoms with Crippen molar-refractivity contribution in [2.75, 3.05) is 5.32 Å². The molecule has 0 aliphatic heterocycles. The molecule has 20 heavy (non-hydrogen) atoms. The quantitative estimate of drug-likeness (QED) is 0.843. The van der Waals surface area contributed by atoms with Crippen molar-refractivity contribution in [3.05, 3.63) is 63.9 Å². The Morgan fingerprint density at radius 2 is 1.90 bits per heavy atom. The van der Waals surface area contributed by atoms with E-state index in [-0.39, 0.29) is 11.7 Å². The topological polar surface area (TPSA) is 29.1 Å². The minimum absolute atomic E-state index is 0.259. The van der Waals surface area contributed by atoms with Crippen LogP contribution in [0.5, 0.6) is 0 Å². The van der Waals surface area contributed by atoms with Crippen LogP contribution in [0.1, 0.15) is 35.7 Å². The van der Waals surface area contributed by atoms with Crippen molar-refractivity contribution in [1.29, 1.82) is 0 Å². The number of halogens is 2. The fourth-order valence-electron chi connectivity index (χ4n) is 1.98. The number of para-hydroxylation sites is 1. The van der Waals surface area contributed by atoms with E-state index in [1.807, 2.05) is 24.3 Å². The summed E-state index contributed by atoms with van der Waals surface area (Å²) in [7, 11) is 0. The second-order valence-corrected chi connectivity index (χ2v) is 5.67. The lowest BCUT2D eigenvalue weighted by molar-refractivity contribution is 0.102. The van der Waals surface area contributed by atoms with E-state index in [0.29, 0.717) is 16.0 Å². The first kappa shape index (κ1) is 14.7. The zero-order chi connectivity index (χ0) is 14.7. The van der Waals surface area contributed by atoms with Gasteiger partial charge in [0.15, 0.2) is 0 Å². The molecule has 0 unspecified atom stereocenters. The molecule has 1 amide bonds. The highest BCUT2D eigenvalue weighted by atomic mass is 79.9. The fourth-order valence-corrected chi connectivity index (χ4v) is 2.51. The van der Waals surface area contributed by atoms with E-state index >= 15 is 0 Å². The van der Waals surface area contributed by atoms with Gasteiger partial charge in [-0.2, -0.15) is 0 Å². The van der Waals surface area contributed by atoms with Crippen molar-refractivity contribution < 1.29 is 9.18 Å². The highest BCUT2D eigenvalue weighted by Gasteiger charge is 2.13. The summed E-state index contributed by atoms with van der Waals surface area (Å²) in [5, 5.41) is 2.88. The summed E-state index contributed by atoms with van der Waals surface area (Å²) in [5.74, 6) is -0.330. The molecule has 0 aliphatic rings. The van der Waals surface area contributed by atoms with Crippen molar-refractivity contribution in [3.8, 4) is 0 Å². The van der Waals surface area contributed by atoms with E-state index in [4.69, 9.17) is 0 Å². The van der Waals surface area contributed by atoms with Crippen LogP contribution in [0.3, 0.4) is 0 Å². The Kier molecular flexibility index (Phi) is 4.55. The fraction of sp³-hybridized carbons (Fsp3) is 0.188. The van der Waals surface area contributed by atoms with Crippen LogP contribution in [0.2, 0.25) is 0 Å². The third kappa shape index (κ3) is 3.25. The van der Waals surface area contributed by atoms with Gasteiger partial charge in [0, 0.05) is 10.2 Å². The Morgan fingerprint density at radius 3 is 2.55 bits per heavy atom. The van der Waals surface area contributed by atoms with Gasteiger partial charge in [-0.25, -0.2) is 4.39 Å². The maximum absolute atomic E-state index is 13.0. The van der Waals surface area contributed by atoms with Gasteiger partial charge in [0.2, 0.25) is 0 Å². The molecular formula is C16H15BrFNO. The van der Waals surface area contributed by atoms with Crippen LogP contribution < -0.4 is 5.32 Å². The zero-order valence-corrected chi connectivity index (χ0v) is 12.9. The minimum atomic E-state index is -0.379. The molecule has 0 fully saturated rings. The number of nitrogens with one attached hydrogen (secondary N) is 1. The predicted molar refractivity (Wildman–Crippen MR) is 82.6 cm³/mol. The molecule has 2 aromatic rings. The monoisotopic (exact) mass is 335 g/mol. The van der Waals surface area contributed by atoms with Crippen LogP contribution in [0.25, 0.3) is 0 Å². The third-order valence-electron chi connectivity index (χ3n) is 3.01. The van der Waals surface area contributed by atoms with Crippen LogP contribution in [0, 0.1) is 5.82 Å². The summed E-state index contributed by atoms with van der Waals surface area (Å²) in [4.78, 5) is 12.3. The summed E-state index contributed by atoms with van der Waals surface area (Å²) in [6, 6.07) is 11.7. The van der Waals surface area contributed by atoms with E-state index in [2.05, 4.69) is 35.1 Å². The average molecular weight is 336 g/mol. The molecule has 2 aromatic carbocycles. The number of benzene rings is 2. The molecule has 104 valence electrons. The first-order chi connectivity index (χ1) is 9.49. The Bertz CT molecular complexity index is 640. The lowest BCUT2D eigenvalue weighted by atomic mass is 10.0. The summed E-state index contributed by atoms with van der Waals surface area (Å²) in [5.41, 5.74) is 2.26. The molecule has 2 rings (SSSR count). The SMILES string of the molecule is CC(C)c1ccccc1NC(=O)c1ccc(F)cc1Br. The summed E-state index contributed by atoms with van der Waals surface area (Å²) in [6.45, 7) is 4.14. The number of carbonyl (C=O) groups excluding carboxylic acids is 1. The maximum atomic E-state index is 13.0. The number of carbonyl (C=O) groups is 1. The van der Waals surface area contributed by atoms with Crippen LogP contribution >= 0.6 is 15.9 Å². The lowest BCUT2D eigenvalue weighted by Crippen LogP contribution is -2.14. The molecule has 0 heterocycles. The van der Waals surface area contributed by atoms with Gasteiger partial charge in [-0.15, -0.1) is 0 Å². The van der Waals surface area contributed by atoms with Crippen LogP contribution in [0.15, 0.2) is 46.9 Å². The smallest absolute Gasteiger partial charge is 0.256 e. The Morgan fingerprint density at radius 1 is 1.20 bits per heavy atom. The van der Waals surface area contributed by atoms with Gasteiger partial charge in [0.1, 0.15) is 5.82 Å². The van der Waals surface area contributed by atoms with Crippen molar-refractivity contribution in [2.45, 2.75) is 19.8 Å². The normalized spacial score (nSPS) is 10.7. The summed E-state index contributed by atoms with van der Waals surface area (Å²) >= 11 is 3.21. The van der Waals surface area contributed by atoms with Gasteiger partial charge in [-0.05, 0) is 51.7 Å². The van der Waals surface area contributed by atoms with E-state index in [1.165, 1.54) is 18.2 Å². The minimum Gasteiger partial charge on any atom is -0.322 e. The molecule has 0 bridgehead atoms. The van der Waals surface area contributed by atoms with Gasteiger partial charge >= 0.3 is 0 Å². The molecule has 0 radical (unpaired) electrons. The van der Waals surface area contributed by atoms with Crippen molar-refractivity contribution in [3.63, 3.8) is 0 Å². The van der Waals surface area contributed by atoms with Crippen molar-refractivity contribution in [2.24, 2.45) is 0 Å². The number of hydrogen-bond acceptors (Lipinski definition) is 1. The predicted octanol–water partition coefficient (Wildman–Crippen LogP) is 4.96. The zero-order valence-electron chi connectivity index (χ0n) is 11.3. The second kappa shape index (κ2) is 6.18. The number of amides is 1. The number of rotatable bonds is 3. The van der Waals surface area contributed by atoms with Crippen molar-refractivity contribution in [1.82, 2.24) is 0 Å². The molecule has 0 aromatic heterocycles. The third-order valence-corrected chi connectivity index (χ3v) is 3.66.